The van der Waals surface area contributed by atoms with Crippen LogP contribution in [0.4, 0.5) is 0 Å². The highest BCUT2D eigenvalue weighted by Gasteiger charge is 2.35. The fourth-order valence-electron chi connectivity index (χ4n) is 1.44. The Morgan fingerprint density at radius 1 is 1.64 bits per heavy atom. The van der Waals surface area contributed by atoms with E-state index in [1.807, 2.05) is 13.8 Å². The molecule has 0 radical (unpaired) electrons. The number of aliphatic hydroxyl groups is 1. The van der Waals surface area contributed by atoms with Crippen LogP contribution in [0.1, 0.15) is 20.3 Å². The van der Waals surface area contributed by atoms with Crippen molar-refractivity contribution in [3.63, 3.8) is 0 Å². The number of β-amino-alcohol motifs (C(OH)–C–C–N with tert-alkyl or cyclic N) is 1. The van der Waals surface area contributed by atoms with E-state index >= 15 is 0 Å². The Labute approximate surface area is 67.7 Å². The Morgan fingerprint density at radius 3 is 2.64 bits per heavy atom. The van der Waals surface area contributed by atoms with E-state index in [0.29, 0.717) is 13.1 Å². The second kappa shape index (κ2) is 3.52. The maximum absolute atomic E-state index is 9.66. The van der Waals surface area contributed by atoms with Gasteiger partial charge in [-0.2, -0.15) is 0 Å². The van der Waals surface area contributed by atoms with Crippen LogP contribution >= 0.6 is 0 Å². The maximum Gasteiger partial charge on any atom is 0.0919 e. The zero-order valence-corrected chi connectivity index (χ0v) is 7.26. The molecule has 0 aliphatic carbocycles. The summed E-state index contributed by atoms with van der Waals surface area (Å²) in [6.45, 7) is 6.12. The SMILES string of the molecule is CCOC(C)CC1(O)CNC1. The second-order valence-electron chi connectivity index (χ2n) is 3.30. The molecule has 11 heavy (non-hydrogen) atoms. The minimum absolute atomic E-state index is 0.173. The first-order chi connectivity index (χ1) is 5.16. The molecule has 1 saturated heterocycles. The molecule has 66 valence electrons. The largest absolute Gasteiger partial charge is 0.387 e. The van der Waals surface area contributed by atoms with E-state index in [-0.39, 0.29) is 6.10 Å². The van der Waals surface area contributed by atoms with Gasteiger partial charge in [-0.05, 0) is 13.8 Å². The summed E-state index contributed by atoms with van der Waals surface area (Å²) in [5.74, 6) is 0. The smallest absolute Gasteiger partial charge is 0.0919 e. The van der Waals surface area contributed by atoms with Crippen molar-refractivity contribution in [2.75, 3.05) is 19.7 Å². The first-order valence-corrected chi connectivity index (χ1v) is 4.21. The average Bonchev–Trinajstić information content (AvgIpc) is 1.85. The van der Waals surface area contributed by atoms with Gasteiger partial charge in [-0.3, -0.25) is 0 Å². The van der Waals surface area contributed by atoms with Gasteiger partial charge in [-0.1, -0.05) is 0 Å². The first kappa shape index (κ1) is 8.97. The monoisotopic (exact) mass is 159 g/mol. The Hall–Kier alpha value is -0.120. The molecule has 3 heteroatoms. The van der Waals surface area contributed by atoms with E-state index in [4.69, 9.17) is 4.74 Å². The molecular weight excluding hydrogens is 142 g/mol. The summed E-state index contributed by atoms with van der Waals surface area (Å²) in [5, 5.41) is 12.7. The van der Waals surface area contributed by atoms with Crippen LogP contribution in [0.15, 0.2) is 0 Å². The molecule has 1 fully saturated rings. The number of hydrogen-bond donors (Lipinski definition) is 2. The Balaban J connectivity index is 2.18. The summed E-state index contributed by atoms with van der Waals surface area (Å²) in [6, 6.07) is 0. The lowest BCUT2D eigenvalue weighted by Gasteiger charge is -2.39. The van der Waals surface area contributed by atoms with Gasteiger partial charge in [0, 0.05) is 26.1 Å². The average molecular weight is 159 g/mol. The van der Waals surface area contributed by atoms with Crippen molar-refractivity contribution in [2.45, 2.75) is 32.0 Å². The van der Waals surface area contributed by atoms with Gasteiger partial charge in [0.05, 0.1) is 11.7 Å². The van der Waals surface area contributed by atoms with Crippen LogP contribution in [-0.2, 0) is 4.74 Å². The van der Waals surface area contributed by atoms with Crippen molar-refractivity contribution < 1.29 is 9.84 Å². The van der Waals surface area contributed by atoms with Gasteiger partial charge in [0.2, 0.25) is 0 Å². The summed E-state index contributed by atoms with van der Waals surface area (Å²) >= 11 is 0. The van der Waals surface area contributed by atoms with E-state index < -0.39 is 5.60 Å². The minimum Gasteiger partial charge on any atom is -0.387 e. The van der Waals surface area contributed by atoms with Crippen LogP contribution in [0.2, 0.25) is 0 Å². The molecule has 1 rings (SSSR count). The van der Waals surface area contributed by atoms with Crippen molar-refractivity contribution in [3.05, 3.63) is 0 Å². The molecule has 1 aliphatic rings. The van der Waals surface area contributed by atoms with Crippen LogP contribution in [-0.4, -0.2) is 36.5 Å². The van der Waals surface area contributed by atoms with E-state index in [1.54, 1.807) is 0 Å². The molecule has 2 N–H and O–H groups in total. The zero-order valence-electron chi connectivity index (χ0n) is 7.26. The number of nitrogens with one attached hydrogen (secondary N) is 1. The lowest BCUT2D eigenvalue weighted by molar-refractivity contribution is -0.0606. The molecule has 0 saturated carbocycles. The van der Waals surface area contributed by atoms with Crippen LogP contribution in [0.3, 0.4) is 0 Å². The minimum atomic E-state index is -0.491. The fraction of sp³-hybridized carbons (Fsp3) is 1.00. The van der Waals surface area contributed by atoms with Crippen LogP contribution in [0, 0.1) is 0 Å². The molecule has 1 unspecified atom stereocenters. The predicted octanol–water partition coefficient (Wildman–Crippen LogP) is 0.136. The molecule has 0 bridgehead atoms. The number of hydrogen-bond acceptors (Lipinski definition) is 3. The van der Waals surface area contributed by atoms with Gasteiger partial charge in [0.25, 0.3) is 0 Å². The summed E-state index contributed by atoms with van der Waals surface area (Å²) in [7, 11) is 0. The van der Waals surface area contributed by atoms with Crippen LogP contribution in [0.25, 0.3) is 0 Å². The standard InChI is InChI=1S/C8H17NO2/c1-3-11-7(2)4-8(10)5-9-6-8/h7,9-10H,3-6H2,1-2H3. The van der Waals surface area contributed by atoms with Crippen molar-refractivity contribution in [2.24, 2.45) is 0 Å². The summed E-state index contributed by atoms with van der Waals surface area (Å²) < 4.78 is 5.33. The third-order valence-electron chi connectivity index (χ3n) is 2.03. The normalized spacial score (nSPS) is 24.3. The molecule has 1 atom stereocenters. The third kappa shape index (κ3) is 2.43. The Morgan fingerprint density at radius 2 is 2.27 bits per heavy atom. The number of ether oxygens (including phenoxy) is 1. The Kier molecular flexibility index (Phi) is 2.87. The molecule has 1 heterocycles. The predicted molar refractivity (Wildman–Crippen MR) is 43.5 cm³/mol. The highest BCUT2D eigenvalue weighted by Crippen LogP contribution is 2.18. The first-order valence-electron chi connectivity index (χ1n) is 4.21. The van der Waals surface area contributed by atoms with Crippen molar-refractivity contribution in [1.82, 2.24) is 5.32 Å². The van der Waals surface area contributed by atoms with Crippen LogP contribution in [0.5, 0.6) is 0 Å². The maximum atomic E-state index is 9.66. The summed E-state index contributed by atoms with van der Waals surface area (Å²) in [6.07, 6.45) is 0.917. The van der Waals surface area contributed by atoms with Crippen LogP contribution < -0.4 is 5.32 Å². The van der Waals surface area contributed by atoms with E-state index in [1.165, 1.54) is 0 Å². The van der Waals surface area contributed by atoms with Crippen molar-refractivity contribution in [3.8, 4) is 0 Å². The van der Waals surface area contributed by atoms with Gasteiger partial charge in [-0.25, -0.2) is 0 Å². The second-order valence-corrected chi connectivity index (χ2v) is 3.30. The molecule has 1 aliphatic heterocycles. The third-order valence-corrected chi connectivity index (χ3v) is 2.03. The van der Waals surface area contributed by atoms with Gasteiger partial charge in [0.15, 0.2) is 0 Å². The fourth-order valence-corrected chi connectivity index (χ4v) is 1.44. The lowest BCUT2D eigenvalue weighted by Crippen LogP contribution is -2.60. The summed E-state index contributed by atoms with van der Waals surface area (Å²) in [5.41, 5.74) is -0.491. The molecular formula is C8H17NO2. The van der Waals surface area contributed by atoms with E-state index in [2.05, 4.69) is 5.32 Å². The van der Waals surface area contributed by atoms with Gasteiger partial charge in [0.1, 0.15) is 0 Å². The van der Waals surface area contributed by atoms with Crippen molar-refractivity contribution in [1.29, 1.82) is 0 Å². The lowest BCUT2D eigenvalue weighted by atomic mass is 9.91. The van der Waals surface area contributed by atoms with Gasteiger partial charge >= 0.3 is 0 Å². The van der Waals surface area contributed by atoms with Crippen molar-refractivity contribution >= 4 is 0 Å². The highest BCUT2D eigenvalue weighted by atomic mass is 16.5. The molecule has 0 spiro atoms. The zero-order chi connectivity index (χ0) is 8.32. The molecule has 0 amide bonds. The quantitative estimate of drug-likeness (QED) is 0.613. The van der Waals surface area contributed by atoms with Gasteiger partial charge < -0.3 is 15.2 Å². The summed E-state index contributed by atoms with van der Waals surface area (Å²) in [4.78, 5) is 0. The molecule has 0 aromatic rings. The topological polar surface area (TPSA) is 41.5 Å². The Bertz CT molecular complexity index is 123. The molecule has 0 aromatic heterocycles. The van der Waals surface area contributed by atoms with E-state index in [9.17, 15) is 5.11 Å². The molecule has 3 nitrogen and oxygen atoms in total. The van der Waals surface area contributed by atoms with E-state index in [0.717, 1.165) is 13.0 Å². The molecule has 0 aromatic carbocycles. The highest BCUT2D eigenvalue weighted by molar-refractivity contribution is 4.93. The van der Waals surface area contributed by atoms with Gasteiger partial charge in [-0.15, -0.1) is 0 Å². The number of rotatable bonds is 4.